The molecule has 1 aromatic carbocycles. The zero-order valence-electron chi connectivity index (χ0n) is 15.3. The van der Waals surface area contributed by atoms with Crippen LogP contribution in [0, 0.1) is 6.92 Å². The SMILES string of the molecule is Cc1[nH]c(=O)[nH]c(=O)c1CC(=O)N(Cc1ccc(O)cc1)Cc1cccnc1. The van der Waals surface area contributed by atoms with Crippen molar-refractivity contribution in [3.8, 4) is 5.75 Å². The minimum Gasteiger partial charge on any atom is -0.508 e. The van der Waals surface area contributed by atoms with Crippen LogP contribution in [0.5, 0.6) is 5.75 Å². The van der Waals surface area contributed by atoms with Gasteiger partial charge in [-0.25, -0.2) is 4.79 Å². The predicted octanol–water partition coefficient (Wildman–Crippen LogP) is 1.24. The van der Waals surface area contributed by atoms with Crippen molar-refractivity contribution >= 4 is 5.91 Å². The second kappa shape index (κ2) is 8.34. The van der Waals surface area contributed by atoms with Crippen LogP contribution in [0.3, 0.4) is 0 Å². The van der Waals surface area contributed by atoms with E-state index in [4.69, 9.17) is 0 Å². The van der Waals surface area contributed by atoms with E-state index in [1.165, 1.54) is 0 Å². The summed E-state index contributed by atoms with van der Waals surface area (Å²) in [5.74, 6) is -0.123. The number of rotatable bonds is 6. The Morgan fingerprint density at radius 2 is 1.79 bits per heavy atom. The lowest BCUT2D eigenvalue weighted by Crippen LogP contribution is -2.35. The number of phenols is 1. The highest BCUT2D eigenvalue weighted by Gasteiger charge is 2.19. The quantitative estimate of drug-likeness (QED) is 0.594. The molecule has 8 nitrogen and oxygen atoms in total. The predicted molar refractivity (Wildman–Crippen MR) is 103 cm³/mol. The number of aromatic amines is 2. The number of carbonyl (C=O) groups is 1. The van der Waals surface area contributed by atoms with Crippen LogP contribution in [-0.2, 0) is 24.3 Å². The van der Waals surface area contributed by atoms with E-state index in [-0.39, 0.29) is 23.6 Å². The molecule has 0 fully saturated rings. The van der Waals surface area contributed by atoms with E-state index in [1.54, 1.807) is 54.5 Å². The molecular weight excluding hydrogens is 360 g/mol. The molecule has 0 aliphatic rings. The number of hydrogen-bond acceptors (Lipinski definition) is 5. The van der Waals surface area contributed by atoms with Crippen LogP contribution in [0.15, 0.2) is 58.4 Å². The number of pyridine rings is 1. The van der Waals surface area contributed by atoms with Crippen molar-refractivity contribution in [1.82, 2.24) is 19.9 Å². The molecule has 0 aliphatic heterocycles. The van der Waals surface area contributed by atoms with Gasteiger partial charge in [0.05, 0.1) is 6.42 Å². The third kappa shape index (κ3) is 4.73. The smallest absolute Gasteiger partial charge is 0.325 e. The first kappa shape index (κ1) is 19.1. The fourth-order valence-electron chi connectivity index (χ4n) is 2.87. The molecule has 3 rings (SSSR count). The van der Waals surface area contributed by atoms with Gasteiger partial charge in [0.1, 0.15) is 5.75 Å². The molecule has 0 unspecified atom stereocenters. The molecule has 0 saturated heterocycles. The van der Waals surface area contributed by atoms with E-state index in [0.29, 0.717) is 18.8 Å². The maximum atomic E-state index is 13.0. The van der Waals surface area contributed by atoms with Crippen LogP contribution in [0.2, 0.25) is 0 Å². The van der Waals surface area contributed by atoms with Crippen molar-refractivity contribution in [2.45, 2.75) is 26.4 Å². The van der Waals surface area contributed by atoms with Gasteiger partial charge in [-0.05, 0) is 36.2 Å². The number of aromatic hydroxyl groups is 1. The summed E-state index contributed by atoms with van der Waals surface area (Å²) in [6, 6.07) is 10.2. The van der Waals surface area contributed by atoms with E-state index in [1.807, 2.05) is 6.07 Å². The Balaban J connectivity index is 1.86. The van der Waals surface area contributed by atoms with Gasteiger partial charge in [-0.2, -0.15) is 0 Å². The first-order valence-electron chi connectivity index (χ1n) is 8.69. The van der Waals surface area contributed by atoms with Crippen molar-refractivity contribution in [1.29, 1.82) is 0 Å². The number of carbonyl (C=O) groups excluding carboxylic acids is 1. The van der Waals surface area contributed by atoms with Crippen molar-refractivity contribution in [3.05, 3.63) is 92.0 Å². The topological polar surface area (TPSA) is 119 Å². The number of aromatic nitrogens is 3. The number of benzene rings is 1. The Morgan fingerprint density at radius 3 is 2.43 bits per heavy atom. The summed E-state index contributed by atoms with van der Waals surface area (Å²) in [4.78, 5) is 46.8. The third-order valence-electron chi connectivity index (χ3n) is 4.34. The van der Waals surface area contributed by atoms with Gasteiger partial charge < -0.3 is 15.0 Å². The summed E-state index contributed by atoms with van der Waals surface area (Å²) < 4.78 is 0. The Labute approximate surface area is 160 Å². The maximum absolute atomic E-state index is 13.0. The molecule has 0 atom stereocenters. The van der Waals surface area contributed by atoms with E-state index in [9.17, 15) is 19.5 Å². The minimum absolute atomic E-state index is 0.143. The zero-order chi connectivity index (χ0) is 20.1. The molecule has 28 heavy (non-hydrogen) atoms. The molecule has 2 aromatic heterocycles. The van der Waals surface area contributed by atoms with Gasteiger partial charge in [0, 0.05) is 36.7 Å². The Morgan fingerprint density at radius 1 is 1.07 bits per heavy atom. The van der Waals surface area contributed by atoms with E-state index in [0.717, 1.165) is 11.1 Å². The molecule has 144 valence electrons. The van der Waals surface area contributed by atoms with Gasteiger partial charge >= 0.3 is 5.69 Å². The summed E-state index contributed by atoms with van der Waals surface area (Å²) in [5.41, 5.74) is 1.11. The highest BCUT2D eigenvalue weighted by atomic mass is 16.3. The van der Waals surface area contributed by atoms with Gasteiger partial charge in [-0.15, -0.1) is 0 Å². The van der Waals surface area contributed by atoms with Gasteiger partial charge in [0.2, 0.25) is 5.91 Å². The molecule has 0 bridgehead atoms. The van der Waals surface area contributed by atoms with Gasteiger partial charge in [-0.3, -0.25) is 19.6 Å². The molecule has 8 heteroatoms. The molecule has 0 saturated carbocycles. The standard InChI is InChI=1S/C20H20N4O4/c1-13-17(19(27)23-20(28)22-13)9-18(26)24(12-15-3-2-8-21-10-15)11-14-4-6-16(25)7-5-14/h2-8,10,25H,9,11-12H2,1H3,(H2,22,23,27,28). The fourth-order valence-corrected chi connectivity index (χ4v) is 2.87. The molecule has 0 aliphatic carbocycles. The van der Waals surface area contributed by atoms with Crippen LogP contribution < -0.4 is 11.2 Å². The normalized spacial score (nSPS) is 10.6. The summed E-state index contributed by atoms with van der Waals surface area (Å²) in [5, 5.41) is 9.46. The first-order valence-corrected chi connectivity index (χ1v) is 8.69. The molecule has 0 spiro atoms. The monoisotopic (exact) mass is 380 g/mol. The first-order chi connectivity index (χ1) is 13.4. The average molecular weight is 380 g/mol. The second-order valence-corrected chi connectivity index (χ2v) is 6.47. The third-order valence-corrected chi connectivity index (χ3v) is 4.34. The lowest BCUT2D eigenvalue weighted by Gasteiger charge is -2.23. The number of hydrogen-bond donors (Lipinski definition) is 3. The lowest BCUT2D eigenvalue weighted by molar-refractivity contribution is -0.131. The van der Waals surface area contributed by atoms with Crippen molar-refractivity contribution in [2.24, 2.45) is 0 Å². The number of nitrogens with zero attached hydrogens (tertiary/aromatic N) is 2. The largest absolute Gasteiger partial charge is 0.508 e. The highest BCUT2D eigenvalue weighted by molar-refractivity contribution is 5.79. The Kier molecular flexibility index (Phi) is 5.69. The summed E-state index contributed by atoms with van der Waals surface area (Å²) in [7, 11) is 0. The van der Waals surface area contributed by atoms with Gasteiger partial charge in [0.15, 0.2) is 0 Å². The van der Waals surface area contributed by atoms with Crippen LogP contribution in [0.1, 0.15) is 22.4 Å². The summed E-state index contributed by atoms with van der Waals surface area (Å²) >= 11 is 0. The van der Waals surface area contributed by atoms with Crippen molar-refractivity contribution in [3.63, 3.8) is 0 Å². The molecule has 3 N–H and O–H groups in total. The van der Waals surface area contributed by atoms with E-state index in [2.05, 4.69) is 15.0 Å². The van der Waals surface area contributed by atoms with Crippen molar-refractivity contribution in [2.75, 3.05) is 0 Å². The van der Waals surface area contributed by atoms with E-state index < -0.39 is 11.2 Å². The second-order valence-electron chi connectivity index (χ2n) is 6.47. The number of nitrogens with one attached hydrogen (secondary N) is 2. The van der Waals surface area contributed by atoms with Crippen LogP contribution >= 0.6 is 0 Å². The van der Waals surface area contributed by atoms with Crippen LogP contribution in [0.4, 0.5) is 0 Å². The average Bonchev–Trinajstić information content (AvgIpc) is 2.66. The summed E-state index contributed by atoms with van der Waals surface area (Å²) in [6.45, 7) is 2.20. The molecule has 3 aromatic rings. The van der Waals surface area contributed by atoms with Crippen LogP contribution in [-0.4, -0.2) is 30.9 Å². The Hall–Kier alpha value is -3.68. The number of H-pyrrole nitrogens is 2. The number of phenolic OH excluding ortho intramolecular Hbond substituents is 1. The number of aryl methyl sites for hydroxylation is 1. The highest BCUT2D eigenvalue weighted by Crippen LogP contribution is 2.15. The lowest BCUT2D eigenvalue weighted by atomic mass is 10.1. The van der Waals surface area contributed by atoms with E-state index >= 15 is 0 Å². The zero-order valence-corrected chi connectivity index (χ0v) is 15.3. The van der Waals surface area contributed by atoms with Gasteiger partial charge in [0.25, 0.3) is 5.56 Å². The molecule has 1 amide bonds. The summed E-state index contributed by atoms with van der Waals surface area (Å²) in [6.07, 6.45) is 3.18. The van der Waals surface area contributed by atoms with Gasteiger partial charge in [-0.1, -0.05) is 18.2 Å². The Bertz CT molecular complexity index is 1070. The fraction of sp³-hybridized carbons (Fsp3) is 0.200. The molecule has 0 radical (unpaired) electrons. The molecular formula is C20H20N4O4. The van der Waals surface area contributed by atoms with Crippen LogP contribution in [0.25, 0.3) is 0 Å². The molecule has 2 heterocycles. The maximum Gasteiger partial charge on any atom is 0.325 e. The van der Waals surface area contributed by atoms with Crippen molar-refractivity contribution < 1.29 is 9.90 Å². The minimum atomic E-state index is -0.602. The number of amides is 1.